The zero-order valence-corrected chi connectivity index (χ0v) is 19.5. The molecule has 172 valence electrons. The van der Waals surface area contributed by atoms with E-state index in [-0.39, 0.29) is 5.97 Å². The van der Waals surface area contributed by atoms with E-state index in [0.29, 0.717) is 12.4 Å². The third-order valence-electron chi connectivity index (χ3n) is 5.91. The highest BCUT2D eigenvalue weighted by atomic mass is 16.5. The van der Waals surface area contributed by atoms with Gasteiger partial charge < -0.3 is 13.8 Å². The summed E-state index contributed by atoms with van der Waals surface area (Å²) < 4.78 is 14.6. The number of esters is 1. The minimum absolute atomic E-state index is 0.291. The van der Waals surface area contributed by atoms with Crippen LogP contribution in [0, 0.1) is 13.8 Å². The Balaban J connectivity index is 1.79. The minimum atomic E-state index is -0.671. The molecule has 0 bridgehead atoms. The standard InChI is InChI=1S/C26H25N5O3/c1-5-33-26(32)25(18-9-7-6-8-10-18)31-15-21(20-13-28-30(4)14-20)24-22(31)11-19(12-27-24)23-16(2)29-34-17(23)3/h6-15,25H,5H2,1-4H3. The molecule has 0 spiro atoms. The number of benzene rings is 1. The number of pyridine rings is 1. The Morgan fingerprint density at radius 2 is 1.91 bits per heavy atom. The molecule has 0 aliphatic carbocycles. The van der Waals surface area contributed by atoms with Gasteiger partial charge in [0.15, 0.2) is 6.04 Å². The first-order valence-corrected chi connectivity index (χ1v) is 11.1. The summed E-state index contributed by atoms with van der Waals surface area (Å²) in [5, 5.41) is 8.42. The van der Waals surface area contributed by atoms with Gasteiger partial charge in [0.05, 0.1) is 29.5 Å². The predicted octanol–water partition coefficient (Wildman–Crippen LogP) is 4.86. The molecule has 8 nitrogen and oxygen atoms in total. The van der Waals surface area contributed by atoms with Crippen molar-refractivity contribution in [3.63, 3.8) is 0 Å². The van der Waals surface area contributed by atoms with Gasteiger partial charge in [-0.05, 0) is 32.4 Å². The number of ether oxygens (including phenoxy) is 1. The van der Waals surface area contributed by atoms with Crippen LogP contribution in [0.5, 0.6) is 0 Å². The van der Waals surface area contributed by atoms with Crippen molar-refractivity contribution in [2.24, 2.45) is 7.05 Å². The van der Waals surface area contributed by atoms with E-state index in [0.717, 1.165) is 44.5 Å². The second-order valence-corrected chi connectivity index (χ2v) is 8.21. The van der Waals surface area contributed by atoms with Crippen molar-refractivity contribution >= 4 is 17.0 Å². The summed E-state index contributed by atoms with van der Waals surface area (Å²) in [7, 11) is 1.87. The van der Waals surface area contributed by atoms with Crippen LogP contribution in [0.25, 0.3) is 33.3 Å². The van der Waals surface area contributed by atoms with Gasteiger partial charge in [-0.1, -0.05) is 35.5 Å². The lowest BCUT2D eigenvalue weighted by Gasteiger charge is -2.19. The van der Waals surface area contributed by atoms with Crippen molar-refractivity contribution in [1.82, 2.24) is 24.5 Å². The molecule has 5 aromatic rings. The number of carbonyl (C=O) groups excluding carboxylic acids is 1. The second kappa shape index (κ2) is 8.62. The van der Waals surface area contributed by atoms with Gasteiger partial charge in [0.1, 0.15) is 5.76 Å². The fourth-order valence-corrected chi connectivity index (χ4v) is 4.41. The number of carbonyl (C=O) groups is 1. The first-order valence-electron chi connectivity index (χ1n) is 11.1. The molecule has 1 unspecified atom stereocenters. The molecule has 5 rings (SSSR count). The van der Waals surface area contributed by atoms with Gasteiger partial charge in [-0.3, -0.25) is 9.67 Å². The monoisotopic (exact) mass is 455 g/mol. The first-order chi connectivity index (χ1) is 16.5. The number of hydrogen-bond donors (Lipinski definition) is 0. The number of fused-ring (bicyclic) bond motifs is 1. The minimum Gasteiger partial charge on any atom is -0.464 e. The van der Waals surface area contributed by atoms with Crippen molar-refractivity contribution < 1.29 is 14.1 Å². The van der Waals surface area contributed by atoms with E-state index in [4.69, 9.17) is 14.2 Å². The number of aryl methyl sites for hydroxylation is 3. The molecule has 1 aromatic carbocycles. The number of aromatic nitrogens is 5. The Hall–Kier alpha value is -4.20. The molecule has 0 saturated carbocycles. The molecule has 4 aromatic heterocycles. The maximum Gasteiger partial charge on any atom is 0.333 e. The van der Waals surface area contributed by atoms with Crippen molar-refractivity contribution in [1.29, 1.82) is 0 Å². The molecule has 0 radical (unpaired) electrons. The molecule has 0 amide bonds. The van der Waals surface area contributed by atoms with Crippen LogP contribution in [0.3, 0.4) is 0 Å². The summed E-state index contributed by atoms with van der Waals surface area (Å²) in [5.41, 5.74) is 6.77. The Morgan fingerprint density at radius 1 is 1.12 bits per heavy atom. The van der Waals surface area contributed by atoms with Gasteiger partial charge >= 0.3 is 5.97 Å². The largest absolute Gasteiger partial charge is 0.464 e. The average Bonchev–Trinajstić information content (AvgIpc) is 3.52. The zero-order valence-electron chi connectivity index (χ0n) is 19.5. The van der Waals surface area contributed by atoms with E-state index in [2.05, 4.69) is 10.3 Å². The molecule has 34 heavy (non-hydrogen) atoms. The fraction of sp³-hybridized carbons (Fsp3) is 0.231. The highest BCUT2D eigenvalue weighted by molar-refractivity contribution is 5.96. The third kappa shape index (κ3) is 3.67. The van der Waals surface area contributed by atoms with E-state index in [1.54, 1.807) is 10.9 Å². The first kappa shape index (κ1) is 21.6. The SMILES string of the molecule is CCOC(=O)C(c1ccccc1)n1cc(-c2cnn(C)c2)c2ncc(-c3c(C)noc3C)cc21. The summed E-state index contributed by atoms with van der Waals surface area (Å²) in [6.45, 7) is 5.89. The van der Waals surface area contributed by atoms with Crippen LogP contribution >= 0.6 is 0 Å². The summed E-state index contributed by atoms with van der Waals surface area (Å²) in [4.78, 5) is 18.1. The topological polar surface area (TPSA) is 88.0 Å². The van der Waals surface area contributed by atoms with Gasteiger partial charge in [-0.15, -0.1) is 0 Å². The smallest absolute Gasteiger partial charge is 0.333 e. The van der Waals surface area contributed by atoms with Gasteiger partial charge in [-0.25, -0.2) is 4.79 Å². The molecule has 0 saturated heterocycles. The van der Waals surface area contributed by atoms with Gasteiger partial charge in [-0.2, -0.15) is 5.10 Å². The second-order valence-electron chi connectivity index (χ2n) is 8.21. The van der Waals surface area contributed by atoms with Gasteiger partial charge in [0.25, 0.3) is 0 Å². The molecular weight excluding hydrogens is 430 g/mol. The fourth-order valence-electron chi connectivity index (χ4n) is 4.41. The predicted molar refractivity (Wildman–Crippen MR) is 128 cm³/mol. The Bertz CT molecular complexity index is 1460. The molecule has 0 N–H and O–H groups in total. The van der Waals surface area contributed by atoms with E-state index in [1.165, 1.54) is 0 Å². The van der Waals surface area contributed by atoms with Crippen molar-refractivity contribution in [3.05, 3.63) is 78.2 Å². The lowest BCUT2D eigenvalue weighted by Crippen LogP contribution is -2.22. The molecule has 0 aliphatic heterocycles. The molecule has 1 atom stereocenters. The van der Waals surface area contributed by atoms with Crippen LogP contribution in [0.15, 0.2) is 65.7 Å². The maximum absolute atomic E-state index is 13.3. The number of hydrogen-bond acceptors (Lipinski definition) is 6. The maximum atomic E-state index is 13.3. The Labute approximate surface area is 196 Å². The molecule has 0 aliphatic rings. The summed E-state index contributed by atoms with van der Waals surface area (Å²) in [6, 6.07) is 11.0. The highest BCUT2D eigenvalue weighted by Gasteiger charge is 2.28. The van der Waals surface area contributed by atoms with E-state index in [1.807, 2.05) is 87.4 Å². The normalized spacial score (nSPS) is 12.2. The Kier molecular flexibility index (Phi) is 5.49. The Morgan fingerprint density at radius 3 is 2.56 bits per heavy atom. The summed E-state index contributed by atoms with van der Waals surface area (Å²) in [5.74, 6) is 0.389. The van der Waals surface area contributed by atoms with Crippen LogP contribution in [0.2, 0.25) is 0 Å². The molecule has 0 fully saturated rings. The highest BCUT2D eigenvalue weighted by Crippen LogP contribution is 2.36. The van der Waals surface area contributed by atoms with E-state index in [9.17, 15) is 4.79 Å². The molecule has 8 heteroatoms. The summed E-state index contributed by atoms with van der Waals surface area (Å²) >= 11 is 0. The van der Waals surface area contributed by atoms with Crippen molar-refractivity contribution in [3.8, 4) is 22.3 Å². The van der Waals surface area contributed by atoms with Crippen LogP contribution < -0.4 is 0 Å². The van der Waals surface area contributed by atoms with Crippen molar-refractivity contribution in [2.75, 3.05) is 6.61 Å². The summed E-state index contributed by atoms with van der Waals surface area (Å²) in [6.07, 6.45) is 7.51. The van der Waals surface area contributed by atoms with Crippen molar-refractivity contribution in [2.45, 2.75) is 26.8 Å². The van der Waals surface area contributed by atoms with Gasteiger partial charge in [0.2, 0.25) is 0 Å². The molecule has 4 heterocycles. The quantitative estimate of drug-likeness (QED) is 0.340. The van der Waals surface area contributed by atoms with Crippen LogP contribution in [0.1, 0.15) is 30.0 Å². The average molecular weight is 456 g/mol. The lowest BCUT2D eigenvalue weighted by molar-refractivity contribution is -0.145. The van der Waals surface area contributed by atoms with Crippen LogP contribution in [-0.4, -0.2) is 37.1 Å². The van der Waals surface area contributed by atoms with Crippen LogP contribution in [0.4, 0.5) is 0 Å². The lowest BCUT2D eigenvalue weighted by atomic mass is 10.0. The molecular formula is C26H25N5O3. The number of rotatable bonds is 6. The third-order valence-corrected chi connectivity index (χ3v) is 5.91. The number of nitrogens with zero attached hydrogens (tertiary/aromatic N) is 5. The van der Waals surface area contributed by atoms with E-state index < -0.39 is 6.04 Å². The van der Waals surface area contributed by atoms with Gasteiger partial charge in [0, 0.05) is 47.9 Å². The van der Waals surface area contributed by atoms with E-state index >= 15 is 0 Å². The zero-order chi connectivity index (χ0) is 23.8. The van der Waals surface area contributed by atoms with Crippen LogP contribution in [-0.2, 0) is 16.6 Å².